The van der Waals surface area contributed by atoms with Crippen molar-refractivity contribution in [2.45, 2.75) is 0 Å². The Kier molecular flexibility index (Phi) is 3.23. The van der Waals surface area contributed by atoms with Crippen LogP contribution in [0.25, 0.3) is 21.8 Å². The van der Waals surface area contributed by atoms with E-state index in [9.17, 15) is 0 Å². The van der Waals surface area contributed by atoms with Gasteiger partial charge in [0.1, 0.15) is 5.01 Å². The molecule has 0 unspecified atom stereocenters. The van der Waals surface area contributed by atoms with Crippen LogP contribution in [0.4, 0.5) is 5.69 Å². The molecule has 0 aliphatic heterocycles. The zero-order chi connectivity index (χ0) is 13.2. The number of aromatic nitrogens is 1. The summed E-state index contributed by atoms with van der Waals surface area (Å²) in [5.41, 5.74) is 9.57. The highest BCUT2D eigenvalue weighted by Crippen LogP contribution is 2.29. The minimum Gasteiger partial charge on any atom is -0.399 e. The van der Waals surface area contributed by atoms with Gasteiger partial charge < -0.3 is 5.73 Å². The van der Waals surface area contributed by atoms with Crippen molar-refractivity contribution in [2.24, 2.45) is 0 Å². The first-order valence-electron chi connectivity index (χ1n) is 5.80. The quantitative estimate of drug-likeness (QED) is 0.693. The summed E-state index contributed by atoms with van der Waals surface area (Å²) in [5.74, 6) is 0. The van der Waals surface area contributed by atoms with Crippen LogP contribution in [0.2, 0.25) is 5.02 Å². The van der Waals surface area contributed by atoms with Crippen LogP contribution in [0.5, 0.6) is 0 Å². The fraction of sp³-hybridized carbons (Fsp3) is 0. The van der Waals surface area contributed by atoms with Crippen LogP contribution < -0.4 is 5.73 Å². The number of thiazole rings is 1. The van der Waals surface area contributed by atoms with Gasteiger partial charge in [-0.25, -0.2) is 4.98 Å². The molecule has 2 aromatic carbocycles. The van der Waals surface area contributed by atoms with Gasteiger partial charge in [-0.2, -0.15) is 0 Å². The van der Waals surface area contributed by atoms with E-state index in [1.807, 2.05) is 48.5 Å². The Hall–Kier alpha value is -1.84. The van der Waals surface area contributed by atoms with Gasteiger partial charge in [0.2, 0.25) is 0 Å². The molecule has 0 amide bonds. The van der Waals surface area contributed by atoms with E-state index in [1.54, 1.807) is 11.3 Å². The fourth-order valence-corrected chi connectivity index (χ4v) is 2.75. The minimum atomic E-state index is 0.734. The molecule has 0 fully saturated rings. The van der Waals surface area contributed by atoms with E-state index in [0.29, 0.717) is 0 Å². The van der Waals surface area contributed by atoms with Crippen molar-refractivity contribution >= 4 is 28.6 Å². The molecular weight excluding hydrogens is 276 g/mol. The maximum absolute atomic E-state index is 5.89. The molecule has 0 bridgehead atoms. The Morgan fingerprint density at radius 2 is 1.53 bits per heavy atom. The van der Waals surface area contributed by atoms with Crippen molar-refractivity contribution < 1.29 is 0 Å². The summed E-state index contributed by atoms with van der Waals surface area (Å²) < 4.78 is 0. The Balaban J connectivity index is 1.95. The third-order valence-corrected chi connectivity index (χ3v) is 3.95. The molecule has 1 heterocycles. The standard InChI is InChI=1S/C15H11ClN2S/c16-12-5-1-10(2-6-12)14-9-19-15(18-14)11-3-7-13(17)8-4-11/h1-9H,17H2. The number of rotatable bonds is 2. The lowest BCUT2D eigenvalue weighted by atomic mass is 10.2. The van der Waals surface area contributed by atoms with Gasteiger partial charge in [0, 0.05) is 27.2 Å². The summed E-state index contributed by atoms with van der Waals surface area (Å²) in [6.07, 6.45) is 0. The smallest absolute Gasteiger partial charge is 0.124 e. The number of benzene rings is 2. The van der Waals surface area contributed by atoms with Gasteiger partial charge in [-0.3, -0.25) is 0 Å². The molecule has 3 aromatic rings. The molecule has 19 heavy (non-hydrogen) atoms. The number of nitrogens with zero attached hydrogens (tertiary/aromatic N) is 1. The van der Waals surface area contributed by atoms with E-state index in [1.165, 1.54) is 0 Å². The fourth-order valence-electron chi connectivity index (χ4n) is 1.79. The maximum atomic E-state index is 5.89. The number of hydrogen-bond acceptors (Lipinski definition) is 3. The molecule has 0 aliphatic carbocycles. The van der Waals surface area contributed by atoms with Crippen molar-refractivity contribution in [1.82, 2.24) is 4.98 Å². The largest absolute Gasteiger partial charge is 0.399 e. The van der Waals surface area contributed by atoms with E-state index in [-0.39, 0.29) is 0 Å². The summed E-state index contributed by atoms with van der Waals surface area (Å²) in [5, 5.41) is 3.78. The second-order valence-corrected chi connectivity index (χ2v) is 5.46. The number of nitrogen functional groups attached to an aromatic ring is 1. The van der Waals surface area contributed by atoms with Crippen LogP contribution in [-0.4, -0.2) is 4.98 Å². The molecule has 0 spiro atoms. The Morgan fingerprint density at radius 3 is 2.21 bits per heavy atom. The lowest BCUT2D eigenvalue weighted by Crippen LogP contribution is -1.83. The summed E-state index contributed by atoms with van der Waals surface area (Å²) in [7, 11) is 0. The Bertz CT molecular complexity index is 627. The molecule has 3 rings (SSSR count). The van der Waals surface area contributed by atoms with Gasteiger partial charge in [0.15, 0.2) is 0 Å². The van der Waals surface area contributed by atoms with Gasteiger partial charge in [0.05, 0.1) is 5.69 Å². The lowest BCUT2D eigenvalue weighted by Gasteiger charge is -1.98. The molecule has 4 heteroatoms. The molecule has 0 radical (unpaired) electrons. The average Bonchev–Trinajstić information content (AvgIpc) is 2.90. The van der Waals surface area contributed by atoms with E-state index in [2.05, 4.69) is 10.4 Å². The lowest BCUT2D eigenvalue weighted by molar-refractivity contribution is 1.40. The molecule has 0 saturated heterocycles. The monoisotopic (exact) mass is 286 g/mol. The van der Waals surface area contributed by atoms with Gasteiger partial charge in [-0.15, -0.1) is 11.3 Å². The zero-order valence-corrected chi connectivity index (χ0v) is 11.6. The molecule has 1 aromatic heterocycles. The van der Waals surface area contributed by atoms with Gasteiger partial charge in [-0.1, -0.05) is 23.7 Å². The first kappa shape index (κ1) is 12.2. The Morgan fingerprint density at radius 1 is 0.895 bits per heavy atom. The second kappa shape index (κ2) is 5.03. The minimum absolute atomic E-state index is 0.734. The average molecular weight is 287 g/mol. The maximum Gasteiger partial charge on any atom is 0.124 e. The van der Waals surface area contributed by atoms with Crippen LogP contribution in [-0.2, 0) is 0 Å². The predicted molar refractivity (Wildman–Crippen MR) is 82.4 cm³/mol. The summed E-state index contributed by atoms with van der Waals surface area (Å²) in [4.78, 5) is 4.64. The number of nitrogens with two attached hydrogens (primary N) is 1. The molecule has 2 nitrogen and oxygen atoms in total. The van der Waals surface area contributed by atoms with Crippen molar-refractivity contribution in [3.63, 3.8) is 0 Å². The van der Waals surface area contributed by atoms with Gasteiger partial charge >= 0.3 is 0 Å². The second-order valence-electron chi connectivity index (χ2n) is 4.17. The highest BCUT2D eigenvalue weighted by molar-refractivity contribution is 7.13. The normalized spacial score (nSPS) is 10.6. The van der Waals surface area contributed by atoms with Gasteiger partial charge in [-0.05, 0) is 36.4 Å². The topological polar surface area (TPSA) is 38.9 Å². The van der Waals surface area contributed by atoms with Crippen LogP contribution in [0.15, 0.2) is 53.9 Å². The van der Waals surface area contributed by atoms with Crippen LogP contribution in [0.3, 0.4) is 0 Å². The van der Waals surface area contributed by atoms with Crippen molar-refractivity contribution in [2.75, 3.05) is 5.73 Å². The van der Waals surface area contributed by atoms with Crippen LogP contribution in [0.1, 0.15) is 0 Å². The molecule has 2 N–H and O–H groups in total. The highest BCUT2D eigenvalue weighted by Gasteiger charge is 2.06. The molecule has 0 atom stereocenters. The zero-order valence-electron chi connectivity index (χ0n) is 10.0. The first-order chi connectivity index (χ1) is 9.22. The third kappa shape index (κ3) is 2.62. The van der Waals surface area contributed by atoms with Crippen LogP contribution in [0, 0.1) is 0 Å². The van der Waals surface area contributed by atoms with Crippen LogP contribution >= 0.6 is 22.9 Å². The van der Waals surface area contributed by atoms with E-state index in [4.69, 9.17) is 17.3 Å². The summed E-state index contributed by atoms with van der Waals surface area (Å²) in [6.45, 7) is 0. The third-order valence-electron chi connectivity index (χ3n) is 2.80. The number of hydrogen-bond donors (Lipinski definition) is 1. The SMILES string of the molecule is Nc1ccc(-c2nc(-c3ccc(Cl)cc3)cs2)cc1. The number of halogens is 1. The first-order valence-corrected chi connectivity index (χ1v) is 7.05. The van der Waals surface area contributed by atoms with Crippen molar-refractivity contribution in [1.29, 1.82) is 0 Å². The highest BCUT2D eigenvalue weighted by atomic mass is 35.5. The predicted octanol–water partition coefficient (Wildman–Crippen LogP) is 4.71. The summed E-state index contributed by atoms with van der Waals surface area (Å²) in [6, 6.07) is 15.4. The van der Waals surface area contributed by atoms with E-state index < -0.39 is 0 Å². The Labute approximate surface area is 120 Å². The number of anilines is 1. The van der Waals surface area contributed by atoms with E-state index in [0.717, 1.165) is 32.5 Å². The molecule has 0 aliphatic rings. The van der Waals surface area contributed by atoms with Crippen molar-refractivity contribution in [3.8, 4) is 21.8 Å². The molecule has 94 valence electrons. The molecular formula is C15H11ClN2S. The van der Waals surface area contributed by atoms with Gasteiger partial charge in [0.25, 0.3) is 0 Å². The summed E-state index contributed by atoms with van der Waals surface area (Å²) >= 11 is 7.51. The van der Waals surface area contributed by atoms with E-state index >= 15 is 0 Å². The van der Waals surface area contributed by atoms with Crippen molar-refractivity contribution in [3.05, 3.63) is 58.9 Å². The molecule has 0 saturated carbocycles.